The summed E-state index contributed by atoms with van der Waals surface area (Å²) in [7, 11) is 1.54. The van der Waals surface area contributed by atoms with E-state index in [4.69, 9.17) is 11.6 Å². The van der Waals surface area contributed by atoms with Crippen molar-refractivity contribution in [2.45, 2.75) is 25.7 Å². The lowest BCUT2D eigenvalue weighted by Crippen LogP contribution is -2.39. The first-order chi connectivity index (χ1) is 16.3. The van der Waals surface area contributed by atoms with Crippen LogP contribution in [0.2, 0.25) is 5.02 Å². The van der Waals surface area contributed by atoms with Crippen LogP contribution in [0.3, 0.4) is 0 Å². The molecule has 0 unspecified atom stereocenters. The molecule has 1 aliphatic heterocycles. The lowest BCUT2D eigenvalue weighted by molar-refractivity contribution is 0.0713. The number of nitriles is 1. The van der Waals surface area contributed by atoms with Crippen molar-refractivity contribution in [2.75, 3.05) is 18.4 Å². The summed E-state index contributed by atoms with van der Waals surface area (Å²) in [6.07, 6.45) is 2.97. The van der Waals surface area contributed by atoms with E-state index >= 15 is 0 Å². The van der Waals surface area contributed by atoms with E-state index in [2.05, 4.69) is 11.4 Å². The zero-order chi connectivity index (χ0) is 24.4. The fraction of sp³-hybridized carbons (Fsp3) is 0.269. The summed E-state index contributed by atoms with van der Waals surface area (Å²) in [5.41, 5.74) is 2.83. The number of halogens is 2. The summed E-state index contributed by atoms with van der Waals surface area (Å²) in [6.45, 7) is 2.93. The molecule has 0 saturated carbocycles. The number of carbonyl (C=O) groups excluding carboxylic acids is 1. The zero-order valence-electron chi connectivity index (χ0n) is 18.9. The van der Waals surface area contributed by atoms with E-state index in [0.717, 1.165) is 24.0 Å². The van der Waals surface area contributed by atoms with Gasteiger partial charge in [0.25, 0.3) is 11.5 Å². The number of carbonyl (C=O) groups is 1. The molecular formula is C26H24ClFN4O2. The summed E-state index contributed by atoms with van der Waals surface area (Å²) in [5.74, 6) is -0.267. The molecule has 1 saturated heterocycles. The van der Waals surface area contributed by atoms with Gasteiger partial charge in [0, 0.05) is 26.3 Å². The number of piperidine rings is 1. The van der Waals surface area contributed by atoms with Gasteiger partial charge >= 0.3 is 0 Å². The van der Waals surface area contributed by atoms with Crippen LogP contribution in [0.15, 0.2) is 53.5 Å². The van der Waals surface area contributed by atoms with Crippen LogP contribution in [0.5, 0.6) is 0 Å². The lowest BCUT2D eigenvalue weighted by atomic mass is 9.89. The number of hydrogen-bond donors (Lipinski definition) is 1. The normalized spacial score (nSPS) is 14.0. The quantitative estimate of drug-likeness (QED) is 0.564. The third kappa shape index (κ3) is 4.68. The molecule has 2 heterocycles. The number of likely N-dealkylation sites (tertiary alicyclic amines) is 1. The monoisotopic (exact) mass is 478 g/mol. The minimum absolute atomic E-state index is 0.111. The molecule has 0 spiro atoms. The SMILES string of the molecule is Cc1ccc(C#N)c(Nc2c(C(=O)N3CCC(c4ccc(F)cc4)CC3)cn(C)c(=O)c2Cl)c1. The van der Waals surface area contributed by atoms with Crippen LogP contribution in [0.1, 0.15) is 45.8 Å². The first-order valence-electron chi connectivity index (χ1n) is 11.0. The summed E-state index contributed by atoms with van der Waals surface area (Å²) < 4.78 is 14.5. The molecule has 34 heavy (non-hydrogen) atoms. The van der Waals surface area contributed by atoms with Crippen LogP contribution < -0.4 is 10.9 Å². The minimum Gasteiger partial charge on any atom is -0.352 e. The molecule has 4 rings (SSSR count). The summed E-state index contributed by atoms with van der Waals surface area (Å²) >= 11 is 6.41. The molecule has 1 fully saturated rings. The van der Waals surface area contributed by atoms with Crippen molar-refractivity contribution in [3.63, 3.8) is 0 Å². The number of pyridine rings is 1. The zero-order valence-corrected chi connectivity index (χ0v) is 19.7. The van der Waals surface area contributed by atoms with E-state index in [9.17, 15) is 19.2 Å². The average molecular weight is 479 g/mol. The summed E-state index contributed by atoms with van der Waals surface area (Å²) in [5, 5.41) is 12.5. The fourth-order valence-corrected chi connectivity index (χ4v) is 4.58. The maximum atomic E-state index is 13.5. The van der Waals surface area contributed by atoms with Crippen molar-refractivity contribution in [1.82, 2.24) is 9.47 Å². The number of aromatic nitrogens is 1. The molecule has 1 N–H and O–H groups in total. The highest BCUT2D eigenvalue weighted by atomic mass is 35.5. The molecule has 8 heteroatoms. The molecule has 1 aliphatic rings. The van der Waals surface area contributed by atoms with Gasteiger partial charge in [-0.1, -0.05) is 29.8 Å². The average Bonchev–Trinajstić information content (AvgIpc) is 2.84. The van der Waals surface area contributed by atoms with Gasteiger partial charge < -0.3 is 14.8 Å². The first-order valence-corrected chi connectivity index (χ1v) is 11.4. The van der Waals surface area contributed by atoms with Crippen LogP contribution in [0, 0.1) is 24.1 Å². The Morgan fingerprint density at radius 3 is 2.50 bits per heavy atom. The number of nitrogens with one attached hydrogen (secondary N) is 1. The van der Waals surface area contributed by atoms with Gasteiger partial charge in [-0.05, 0) is 61.1 Å². The van der Waals surface area contributed by atoms with Gasteiger partial charge in [0.1, 0.15) is 16.9 Å². The highest BCUT2D eigenvalue weighted by Gasteiger charge is 2.28. The molecule has 1 amide bonds. The number of aryl methyl sites for hydroxylation is 2. The van der Waals surface area contributed by atoms with Gasteiger partial charge in [-0.15, -0.1) is 0 Å². The molecule has 0 aliphatic carbocycles. The maximum Gasteiger partial charge on any atom is 0.271 e. The molecule has 0 atom stereocenters. The molecule has 0 radical (unpaired) electrons. The Morgan fingerprint density at radius 2 is 1.85 bits per heavy atom. The van der Waals surface area contributed by atoms with Crippen LogP contribution in [0.4, 0.5) is 15.8 Å². The van der Waals surface area contributed by atoms with Crippen LogP contribution >= 0.6 is 11.6 Å². The van der Waals surface area contributed by atoms with Crippen LogP contribution in [-0.2, 0) is 7.05 Å². The van der Waals surface area contributed by atoms with Crippen molar-refractivity contribution in [3.8, 4) is 6.07 Å². The second-order valence-corrected chi connectivity index (χ2v) is 8.93. The minimum atomic E-state index is -0.443. The maximum absolute atomic E-state index is 13.5. The van der Waals surface area contributed by atoms with Crippen LogP contribution in [-0.4, -0.2) is 28.5 Å². The second-order valence-electron chi connectivity index (χ2n) is 8.55. The number of amides is 1. The number of anilines is 2. The molecule has 3 aromatic rings. The van der Waals surface area contributed by atoms with Gasteiger partial charge in [-0.3, -0.25) is 9.59 Å². The van der Waals surface area contributed by atoms with Gasteiger partial charge in [0.2, 0.25) is 0 Å². The third-order valence-electron chi connectivity index (χ3n) is 6.23. The standard InChI is InChI=1S/C26H24ClFN4O2/c1-16-3-4-19(14-29)22(13-16)30-24-21(15-31(2)26(34)23(24)27)25(33)32-11-9-18(10-12-32)17-5-7-20(28)8-6-17/h3-8,13,15,18,30H,9-12H2,1-2H3. The largest absolute Gasteiger partial charge is 0.352 e. The predicted octanol–water partition coefficient (Wildman–Crippen LogP) is 5.12. The Balaban J connectivity index is 1.62. The van der Waals surface area contributed by atoms with E-state index in [1.807, 2.05) is 13.0 Å². The number of hydrogen-bond acceptors (Lipinski definition) is 4. The van der Waals surface area contributed by atoms with E-state index in [1.165, 1.54) is 22.9 Å². The Hall–Kier alpha value is -3.63. The van der Waals surface area contributed by atoms with E-state index < -0.39 is 5.56 Å². The predicted molar refractivity (Wildman–Crippen MR) is 130 cm³/mol. The van der Waals surface area contributed by atoms with E-state index in [-0.39, 0.29) is 33.9 Å². The highest BCUT2D eigenvalue weighted by molar-refractivity contribution is 6.34. The van der Waals surface area contributed by atoms with Crippen LogP contribution in [0.25, 0.3) is 0 Å². The molecule has 174 valence electrons. The number of nitrogens with zero attached hydrogens (tertiary/aromatic N) is 3. The smallest absolute Gasteiger partial charge is 0.271 e. The second kappa shape index (κ2) is 9.70. The van der Waals surface area contributed by atoms with Gasteiger partial charge in [-0.25, -0.2) is 4.39 Å². The molecule has 2 aromatic carbocycles. The first kappa shape index (κ1) is 23.5. The molecule has 6 nitrogen and oxygen atoms in total. The van der Waals surface area contributed by atoms with Crippen molar-refractivity contribution in [2.24, 2.45) is 7.05 Å². The Kier molecular flexibility index (Phi) is 6.71. The van der Waals surface area contributed by atoms with Crippen molar-refractivity contribution >= 4 is 28.9 Å². The van der Waals surface area contributed by atoms with Gasteiger partial charge in [-0.2, -0.15) is 5.26 Å². The molecule has 0 bridgehead atoms. The van der Waals surface area contributed by atoms with Crippen molar-refractivity contribution in [1.29, 1.82) is 5.26 Å². The Bertz CT molecular complexity index is 1340. The fourth-order valence-electron chi connectivity index (χ4n) is 4.30. The third-order valence-corrected chi connectivity index (χ3v) is 6.58. The highest BCUT2D eigenvalue weighted by Crippen LogP contribution is 2.32. The Morgan fingerprint density at radius 1 is 1.18 bits per heavy atom. The van der Waals surface area contributed by atoms with Gasteiger partial charge in [0.15, 0.2) is 0 Å². The van der Waals surface area contributed by atoms with Crippen molar-refractivity contribution in [3.05, 3.63) is 92.1 Å². The van der Waals surface area contributed by atoms with E-state index in [0.29, 0.717) is 24.3 Å². The van der Waals surface area contributed by atoms with E-state index in [1.54, 1.807) is 36.2 Å². The number of benzene rings is 2. The number of rotatable bonds is 4. The lowest BCUT2D eigenvalue weighted by Gasteiger charge is -2.33. The summed E-state index contributed by atoms with van der Waals surface area (Å²) in [6, 6.07) is 13.9. The molecular weight excluding hydrogens is 455 g/mol. The summed E-state index contributed by atoms with van der Waals surface area (Å²) in [4.78, 5) is 27.8. The molecule has 1 aromatic heterocycles. The van der Waals surface area contributed by atoms with Gasteiger partial charge in [0.05, 0.1) is 22.5 Å². The van der Waals surface area contributed by atoms with Crippen molar-refractivity contribution < 1.29 is 9.18 Å². The topological polar surface area (TPSA) is 78.1 Å². The Labute approximate surface area is 202 Å².